The van der Waals surface area contributed by atoms with Gasteiger partial charge in [-0.2, -0.15) is 0 Å². The second-order valence-electron chi connectivity index (χ2n) is 7.17. The molecule has 0 saturated carbocycles. The summed E-state index contributed by atoms with van der Waals surface area (Å²) in [5.74, 6) is -0.737. The van der Waals surface area contributed by atoms with E-state index in [-0.39, 0.29) is 30.8 Å². The molecule has 2 aromatic rings. The van der Waals surface area contributed by atoms with Gasteiger partial charge >= 0.3 is 0 Å². The zero-order valence-corrected chi connectivity index (χ0v) is 17.4. The molecule has 0 bridgehead atoms. The molecule has 3 amide bonds. The van der Waals surface area contributed by atoms with Gasteiger partial charge in [0.15, 0.2) is 0 Å². The predicted molar refractivity (Wildman–Crippen MR) is 112 cm³/mol. The zero-order valence-electron chi connectivity index (χ0n) is 16.6. The molecular formula is C21H27N4O3S+. The van der Waals surface area contributed by atoms with Crippen LogP contribution in [0.5, 0.6) is 0 Å². The lowest BCUT2D eigenvalue weighted by atomic mass is 10.1. The molecule has 1 aromatic heterocycles. The first-order valence-corrected chi connectivity index (χ1v) is 10.6. The first-order valence-electron chi connectivity index (χ1n) is 9.77. The quantitative estimate of drug-likeness (QED) is 0.587. The Kier molecular flexibility index (Phi) is 7.37. The second kappa shape index (κ2) is 10.2. The van der Waals surface area contributed by atoms with Gasteiger partial charge in [-0.15, -0.1) is 11.3 Å². The molecule has 8 heteroatoms. The zero-order chi connectivity index (χ0) is 20.6. The standard InChI is InChI=1S/C21H26N4O3S/c1-16-5-2-3-6-17(16)15-24-8-10-25(11-9-24)20(27)14-22-19(26)13-23-21(28)18-7-4-12-29-18/h2-7,12H,8-11,13-15H2,1H3,(H,22,26)(H,23,28)/p+1. The monoisotopic (exact) mass is 415 g/mol. The van der Waals surface area contributed by atoms with Crippen molar-refractivity contribution in [1.82, 2.24) is 15.5 Å². The lowest BCUT2D eigenvalue weighted by molar-refractivity contribution is -0.917. The van der Waals surface area contributed by atoms with Crippen molar-refractivity contribution in [3.63, 3.8) is 0 Å². The molecule has 29 heavy (non-hydrogen) atoms. The van der Waals surface area contributed by atoms with Crippen molar-refractivity contribution in [3.05, 3.63) is 57.8 Å². The van der Waals surface area contributed by atoms with Crippen molar-refractivity contribution in [2.45, 2.75) is 13.5 Å². The molecule has 0 unspecified atom stereocenters. The smallest absolute Gasteiger partial charge is 0.261 e. The molecule has 3 rings (SSSR count). The number of hydrogen-bond donors (Lipinski definition) is 3. The van der Waals surface area contributed by atoms with Crippen LogP contribution in [0.25, 0.3) is 0 Å². The van der Waals surface area contributed by atoms with Crippen LogP contribution in [0.1, 0.15) is 20.8 Å². The van der Waals surface area contributed by atoms with Crippen LogP contribution in [-0.4, -0.2) is 61.9 Å². The van der Waals surface area contributed by atoms with Gasteiger partial charge in [0.2, 0.25) is 11.8 Å². The van der Waals surface area contributed by atoms with Crippen molar-refractivity contribution in [2.75, 3.05) is 39.3 Å². The summed E-state index contributed by atoms with van der Waals surface area (Å²) >= 11 is 1.31. The van der Waals surface area contributed by atoms with E-state index in [1.165, 1.54) is 27.4 Å². The van der Waals surface area contributed by atoms with Crippen LogP contribution in [-0.2, 0) is 16.1 Å². The topological polar surface area (TPSA) is 82.9 Å². The Morgan fingerprint density at radius 2 is 1.79 bits per heavy atom. The van der Waals surface area contributed by atoms with Gasteiger partial charge in [-0.3, -0.25) is 14.4 Å². The number of amides is 3. The minimum Gasteiger partial charge on any atom is -0.345 e. The van der Waals surface area contributed by atoms with Gasteiger partial charge in [-0.25, -0.2) is 0 Å². The Labute approximate surface area is 174 Å². The number of carbonyl (C=O) groups excluding carboxylic acids is 3. The molecule has 1 fully saturated rings. The summed E-state index contributed by atoms with van der Waals surface area (Å²) in [5, 5.41) is 6.95. The molecule has 0 aliphatic carbocycles. The summed E-state index contributed by atoms with van der Waals surface area (Å²) in [5.41, 5.74) is 2.64. The highest BCUT2D eigenvalue weighted by molar-refractivity contribution is 7.12. The Morgan fingerprint density at radius 1 is 1.03 bits per heavy atom. The van der Waals surface area contributed by atoms with Gasteiger partial charge in [0.25, 0.3) is 5.91 Å². The SMILES string of the molecule is Cc1ccccc1C[NH+]1CCN(C(=O)CNC(=O)CNC(=O)c2cccs2)CC1. The average molecular weight is 416 g/mol. The third-order valence-corrected chi connectivity index (χ3v) is 5.98. The maximum absolute atomic E-state index is 12.4. The molecule has 2 heterocycles. The van der Waals surface area contributed by atoms with Crippen LogP contribution in [0.4, 0.5) is 0 Å². The first-order chi connectivity index (χ1) is 14.0. The lowest BCUT2D eigenvalue weighted by Crippen LogP contribution is -3.13. The van der Waals surface area contributed by atoms with Gasteiger partial charge < -0.3 is 20.4 Å². The van der Waals surface area contributed by atoms with Gasteiger partial charge in [0.1, 0.15) is 6.54 Å². The number of nitrogens with one attached hydrogen (secondary N) is 3. The van der Waals surface area contributed by atoms with E-state index in [0.717, 1.165) is 19.6 Å². The molecule has 0 atom stereocenters. The number of benzene rings is 1. The molecule has 0 spiro atoms. The molecule has 1 aliphatic heterocycles. The van der Waals surface area contributed by atoms with Crippen LogP contribution < -0.4 is 15.5 Å². The van der Waals surface area contributed by atoms with Crippen molar-refractivity contribution in [2.24, 2.45) is 0 Å². The lowest BCUT2D eigenvalue weighted by Gasteiger charge is -2.32. The number of carbonyl (C=O) groups is 3. The van der Waals surface area contributed by atoms with Crippen molar-refractivity contribution >= 4 is 29.1 Å². The molecule has 1 aromatic carbocycles. The number of piperazine rings is 1. The fourth-order valence-electron chi connectivity index (χ4n) is 3.33. The minimum atomic E-state index is -0.368. The van der Waals surface area contributed by atoms with E-state index in [2.05, 4.69) is 35.8 Å². The van der Waals surface area contributed by atoms with E-state index in [9.17, 15) is 14.4 Å². The normalized spacial score (nSPS) is 14.4. The van der Waals surface area contributed by atoms with Crippen molar-refractivity contribution < 1.29 is 19.3 Å². The van der Waals surface area contributed by atoms with Gasteiger partial charge in [0.05, 0.1) is 44.1 Å². The highest BCUT2D eigenvalue weighted by Gasteiger charge is 2.24. The highest BCUT2D eigenvalue weighted by atomic mass is 32.1. The fraction of sp³-hybridized carbons (Fsp3) is 0.381. The van der Waals surface area contributed by atoms with Crippen LogP contribution in [0.2, 0.25) is 0 Å². The number of nitrogens with zero attached hydrogens (tertiary/aromatic N) is 1. The van der Waals surface area contributed by atoms with Gasteiger partial charge in [-0.05, 0) is 23.9 Å². The fourth-order valence-corrected chi connectivity index (χ4v) is 3.97. The minimum absolute atomic E-state index is 0.0408. The third-order valence-electron chi connectivity index (χ3n) is 5.12. The van der Waals surface area contributed by atoms with E-state index < -0.39 is 0 Å². The number of aryl methyl sites for hydroxylation is 1. The maximum atomic E-state index is 12.4. The predicted octanol–water partition coefficient (Wildman–Crippen LogP) is -0.170. The van der Waals surface area contributed by atoms with Crippen LogP contribution in [0, 0.1) is 6.92 Å². The number of rotatable bonds is 7. The Hall–Kier alpha value is -2.71. The summed E-state index contributed by atoms with van der Waals surface area (Å²) in [6.07, 6.45) is 0. The molecular weight excluding hydrogens is 388 g/mol. The average Bonchev–Trinajstić information content (AvgIpc) is 3.27. The second-order valence-corrected chi connectivity index (χ2v) is 8.12. The number of quaternary nitrogens is 1. The molecule has 7 nitrogen and oxygen atoms in total. The maximum Gasteiger partial charge on any atom is 0.261 e. The molecule has 1 saturated heterocycles. The van der Waals surface area contributed by atoms with E-state index in [0.29, 0.717) is 18.0 Å². The molecule has 0 radical (unpaired) electrons. The van der Waals surface area contributed by atoms with Crippen LogP contribution in [0.3, 0.4) is 0 Å². The Balaban J connectivity index is 1.34. The van der Waals surface area contributed by atoms with Crippen LogP contribution in [0.15, 0.2) is 41.8 Å². The van der Waals surface area contributed by atoms with E-state index >= 15 is 0 Å². The summed E-state index contributed by atoms with van der Waals surface area (Å²) in [7, 11) is 0. The van der Waals surface area contributed by atoms with E-state index in [4.69, 9.17) is 0 Å². The van der Waals surface area contributed by atoms with Gasteiger partial charge in [-0.1, -0.05) is 30.3 Å². The molecule has 1 aliphatic rings. The number of thiophene rings is 1. The summed E-state index contributed by atoms with van der Waals surface area (Å²) in [4.78, 5) is 39.9. The molecule has 154 valence electrons. The number of hydrogen-bond acceptors (Lipinski definition) is 4. The Morgan fingerprint density at radius 3 is 2.48 bits per heavy atom. The highest BCUT2D eigenvalue weighted by Crippen LogP contribution is 2.07. The van der Waals surface area contributed by atoms with Crippen LogP contribution >= 0.6 is 11.3 Å². The van der Waals surface area contributed by atoms with Gasteiger partial charge in [0, 0.05) is 5.56 Å². The Bertz CT molecular complexity index is 845. The van der Waals surface area contributed by atoms with Crippen molar-refractivity contribution in [3.8, 4) is 0 Å². The summed E-state index contributed by atoms with van der Waals surface area (Å²) in [6.45, 7) is 6.07. The summed E-state index contributed by atoms with van der Waals surface area (Å²) in [6, 6.07) is 11.9. The van der Waals surface area contributed by atoms with E-state index in [1.54, 1.807) is 22.4 Å². The molecule has 3 N–H and O–H groups in total. The third kappa shape index (κ3) is 6.13. The van der Waals surface area contributed by atoms with E-state index in [1.807, 2.05) is 6.07 Å². The largest absolute Gasteiger partial charge is 0.345 e. The van der Waals surface area contributed by atoms with Crippen molar-refractivity contribution in [1.29, 1.82) is 0 Å². The first kappa shape index (κ1) is 21.0. The summed E-state index contributed by atoms with van der Waals surface area (Å²) < 4.78 is 0.